The van der Waals surface area contributed by atoms with Crippen LogP contribution in [0.1, 0.15) is 38.3 Å². The third-order valence-electron chi connectivity index (χ3n) is 2.77. The number of carboxylic acid groups (broad SMARTS) is 1. The van der Waals surface area contributed by atoms with Gasteiger partial charge in [-0.25, -0.2) is 0 Å². The summed E-state index contributed by atoms with van der Waals surface area (Å²) in [5.74, 6) is -0.813. The average Bonchev–Trinajstić information content (AvgIpc) is 2.14. The van der Waals surface area contributed by atoms with Crippen LogP contribution in [0.2, 0.25) is 5.02 Å². The number of carbonyl (C=O) groups is 1. The SMILES string of the molecule is C=C(C)c1cc(Cl)cc(C(C)(C)CC(=O)O)c1. The van der Waals surface area contributed by atoms with Gasteiger partial charge in [-0.1, -0.05) is 43.7 Å². The van der Waals surface area contributed by atoms with Crippen molar-refractivity contribution < 1.29 is 9.90 Å². The largest absolute Gasteiger partial charge is 0.481 e. The van der Waals surface area contributed by atoms with Gasteiger partial charge in [0.1, 0.15) is 0 Å². The van der Waals surface area contributed by atoms with Crippen molar-refractivity contribution in [3.8, 4) is 0 Å². The van der Waals surface area contributed by atoms with Crippen molar-refractivity contribution in [2.75, 3.05) is 0 Å². The molecule has 0 saturated heterocycles. The Hall–Kier alpha value is -1.28. The van der Waals surface area contributed by atoms with E-state index < -0.39 is 11.4 Å². The first-order chi connectivity index (χ1) is 7.72. The van der Waals surface area contributed by atoms with Crippen LogP contribution in [0.15, 0.2) is 24.8 Å². The van der Waals surface area contributed by atoms with Gasteiger partial charge < -0.3 is 5.11 Å². The molecule has 0 unspecified atom stereocenters. The molecule has 92 valence electrons. The molecule has 0 radical (unpaired) electrons. The number of aliphatic carboxylic acids is 1. The van der Waals surface area contributed by atoms with E-state index in [0.717, 1.165) is 16.7 Å². The lowest BCUT2D eigenvalue weighted by Crippen LogP contribution is -2.21. The first kappa shape index (κ1) is 13.8. The molecule has 0 heterocycles. The summed E-state index contributed by atoms with van der Waals surface area (Å²) < 4.78 is 0. The van der Waals surface area contributed by atoms with Crippen LogP contribution in [0.5, 0.6) is 0 Å². The summed E-state index contributed by atoms with van der Waals surface area (Å²) in [6.45, 7) is 9.57. The van der Waals surface area contributed by atoms with Crippen LogP contribution in [0.25, 0.3) is 5.57 Å². The van der Waals surface area contributed by atoms with Gasteiger partial charge in [0, 0.05) is 10.4 Å². The van der Waals surface area contributed by atoms with Crippen LogP contribution in [0, 0.1) is 0 Å². The van der Waals surface area contributed by atoms with E-state index >= 15 is 0 Å². The second kappa shape index (κ2) is 4.92. The van der Waals surface area contributed by atoms with Crippen molar-refractivity contribution in [1.29, 1.82) is 0 Å². The highest BCUT2D eigenvalue weighted by molar-refractivity contribution is 6.30. The molecule has 2 nitrogen and oxygen atoms in total. The smallest absolute Gasteiger partial charge is 0.304 e. The Morgan fingerprint density at radius 1 is 1.41 bits per heavy atom. The molecule has 1 aromatic rings. The molecule has 0 atom stereocenters. The number of halogens is 1. The third-order valence-corrected chi connectivity index (χ3v) is 2.98. The molecule has 0 aliphatic rings. The lowest BCUT2D eigenvalue weighted by Gasteiger charge is -2.24. The number of hydrogen-bond donors (Lipinski definition) is 1. The fourth-order valence-corrected chi connectivity index (χ4v) is 1.94. The minimum atomic E-state index is -0.813. The molecule has 17 heavy (non-hydrogen) atoms. The van der Waals surface area contributed by atoms with Crippen molar-refractivity contribution in [1.82, 2.24) is 0 Å². The molecule has 0 spiro atoms. The highest BCUT2D eigenvalue weighted by atomic mass is 35.5. The molecular weight excluding hydrogens is 236 g/mol. The van der Waals surface area contributed by atoms with Crippen molar-refractivity contribution >= 4 is 23.1 Å². The van der Waals surface area contributed by atoms with Crippen LogP contribution >= 0.6 is 11.6 Å². The molecule has 0 amide bonds. The predicted octanol–water partition coefficient (Wildman–Crippen LogP) is 4.13. The zero-order valence-electron chi connectivity index (χ0n) is 10.4. The Morgan fingerprint density at radius 3 is 2.47 bits per heavy atom. The molecule has 1 rings (SSSR count). The topological polar surface area (TPSA) is 37.3 Å². The number of allylic oxidation sites excluding steroid dienone is 1. The van der Waals surface area contributed by atoms with Crippen LogP contribution in [-0.2, 0) is 10.2 Å². The summed E-state index contributed by atoms with van der Waals surface area (Å²) in [4.78, 5) is 10.8. The Kier molecular flexibility index (Phi) is 3.99. The molecule has 0 bridgehead atoms. The van der Waals surface area contributed by atoms with Gasteiger partial charge >= 0.3 is 5.97 Å². The first-order valence-electron chi connectivity index (χ1n) is 5.41. The normalized spacial score (nSPS) is 11.3. The minimum Gasteiger partial charge on any atom is -0.481 e. The maximum atomic E-state index is 10.8. The molecule has 1 aromatic carbocycles. The molecular formula is C14H17ClO2. The van der Waals surface area contributed by atoms with E-state index in [2.05, 4.69) is 6.58 Å². The first-order valence-corrected chi connectivity index (χ1v) is 5.79. The van der Waals surface area contributed by atoms with Crippen molar-refractivity contribution in [2.24, 2.45) is 0 Å². The van der Waals surface area contributed by atoms with Crippen molar-refractivity contribution in [3.63, 3.8) is 0 Å². The van der Waals surface area contributed by atoms with Crippen LogP contribution in [-0.4, -0.2) is 11.1 Å². The highest BCUT2D eigenvalue weighted by Gasteiger charge is 2.24. The van der Waals surface area contributed by atoms with Gasteiger partial charge in [0.2, 0.25) is 0 Å². The van der Waals surface area contributed by atoms with Crippen LogP contribution < -0.4 is 0 Å². The van der Waals surface area contributed by atoms with Gasteiger partial charge in [-0.15, -0.1) is 0 Å². The molecule has 0 aromatic heterocycles. The van der Waals surface area contributed by atoms with E-state index in [1.807, 2.05) is 39.0 Å². The standard InChI is InChI=1S/C14H17ClO2/c1-9(2)10-5-11(7-12(15)6-10)14(3,4)8-13(16)17/h5-7H,1,8H2,2-4H3,(H,16,17). The molecule has 0 aliphatic heterocycles. The van der Waals surface area contributed by atoms with E-state index in [1.54, 1.807) is 0 Å². The van der Waals surface area contributed by atoms with E-state index in [9.17, 15) is 4.79 Å². The maximum Gasteiger partial charge on any atom is 0.304 e. The van der Waals surface area contributed by atoms with E-state index in [4.69, 9.17) is 16.7 Å². The second-order valence-electron chi connectivity index (χ2n) is 4.96. The zero-order valence-corrected chi connectivity index (χ0v) is 11.1. The van der Waals surface area contributed by atoms with Crippen LogP contribution in [0.3, 0.4) is 0 Å². The molecule has 3 heteroatoms. The predicted molar refractivity (Wildman–Crippen MR) is 71.4 cm³/mol. The summed E-state index contributed by atoms with van der Waals surface area (Å²) in [6, 6.07) is 5.61. The van der Waals surface area contributed by atoms with Gasteiger partial charge in [-0.05, 0) is 30.2 Å². The maximum absolute atomic E-state index is 10.8. The summed E-state index contributed by atoms with van der Waals surface area (Å²) >= 11 is 6.05. The van der Waals surface area contributed by atoms with Crippen LogP contribution in [0.4, 0.5) is 0 Å². The lowest BCUT2D eigenvalue weighted by atomic mass is 9.80. The van der Waals surface area contributed by atoms with E-state index in [0.29, 0.717) is 5.02 Å². The summed E-state index contributed by atoms with van der Waals surface area (Å²) in [5.41, 5.74) is 2.34. The van der Waals surface area contributed by atoms with Gasteiger partial charge in [-0.2, -0.15) is 0 Å². The monoisotopic (exact) mass is 252 g/mol. The van der Waals surface area contributed by atoms with Crippen molar-refractivity contribution in [2.45, 2.75) is 32.6 Å². The molecule has 0 aliphatic carbocycles. The molecule has 0 fully saturated rings. The average molecular weight is 253 g/mol. The second-order valence-corrected chi connectivity index (χ2v) is 5.40. The summed E-state index contributed by atoms with van der Waals surface area (Å²) in [5, 5.41) is 9.52. The van der Waals surface area contributed by atoms with E-state index in [-0.39, 0.29) is 6.42 Å². The van der Waals surface area contributed by atoms with Gasteiger partial charge in [-0.3, -0.25) is 4.79 Å². The van der Waals surface area contributed by atoms with Gasteiger partial charge in [0.15, 0.2) is 0 Å². The number of carboxylic acids is 1. The lowest BCUT2D eigenvalue weighted by molar-refractivity contribution is -0.138. The van der Waals surface area contributed by atoms with Gasteiger partial charge in [0.05, 0.1) is 6.42 Å². The van der Waals surface area contributed by atoms with Gasteiger partial charge in [0.25, 0.3) is 0 Å². The summed E-state index contributed by atoms with van der Waals surface area (Å²) in [6.07, 6.45) is 0.0724. The zero-order chi connectivity index (χ0) is 13.2. The fourth-order valence-electron chi connectivity index (χ4n) is 1.71. The Morgan fingerprint density at radius 2 is 2.00 bits per heavy atom. The minimum absolute atomic E-state index is 0.0724. The molecule has 1 N–H and O–H groups in total. The fraction of sp³-hybridized carbons (Fsp3) is 0.357. The number of benzene rings is 1. The Labute approximate surface area is 107 Å². The quantitative estimate of drug-likeness (QED) is 0.875. The van der Waals surface area contributed by atoms with Crippen molar-refractivity contribution in [3.05, 3.63) is 40.9 Å². The van der Waals surface area contributed by atoms with E-state index in [1.165, 1.54) is 0 Å². The highest BCUT2D eigenvalue weighted by Crippen LogP contribution is 2.31. The number of rotatable bonds is 4. The third kappa shape index (κ3) is 3.60. The number of hydrogen-bond acceptors (Lipinski definition) is 1. The molecule has 0 saturated carbocycles. The Balaban J connectivity index is 3.21. The Bertz CT molecular complexity index is 461. The summed E-state index contributed by atoms with van der Waals surface area (Å²) in [7, 11) is 0.